The molecule has 2 N–H and O–H groups in total. The summed E-state index contributed by atoms with van der Waals surface area (Å²) in [6.07, 6.45) is 1.88. The molecule has 0 aromatic heterocycles. The van der Waals surface area contributed by atoms with Crippen molar-refractivity contribution in [3.05, 3.63) is 35.4 Å². The maximum absolute atomic E-state index is 8.70. The van der Waals surface area contributed by atoms with Crippen LogP contribution < -0.4 is 5.73 Å². The minimum atomic E-state index is 0.240. The fraction of sp³-hybridized carbons (Fsp3) is 0.462. The summed E-state index contributed by atoms with van der Waals surface area (Å²) in [4.78, 5) is 0. The second-order valence-electron chi connectivity index (χ2n) is 4.30. The Bertz CT molecular complexity index is 380. The van der Waals surface area contributed by atoms with Gasteiger partial charge in [-0.1, -0.05) is 12.1 Å². The van der Waals surface area contributed by atoms with Gasteiger partial charge in [0.1, 0.15) is 0 Å². The summed E-state index contributed by atoms with van der Waals surface area (Å²) in [5.41, 5.74) is 7.98. The molecular formula is C13H16N2O. The van der Waals surface area contributed by atoms with Crippen molar-refractivity contribution in [2.45, 2.75) is 18.9 Å². The van der Waals surface area contributed by atoms with E-state index >= 15 is 0 Å². The molecule has 1 fully saturated rings. The van der Waals surface area contributed by atoms with Gasteiger partial charge in [0.05, 0.1) is 18.2 Å². The zero-order valence-electron chi connectivity index (χ0n) is 9.23. The molecule has 1 saturated heterocycles. The van der Waals surface area contributed by atoms with E-state index in [1.54, 1.807) is 0 Å². The van der Waals surface area contributed by atoms with Crippen molar-refractivity contribution in [2.24, 2.45) is 11.7 Å². The molecule has 0 unspecified atom stereocenters. The smallest absolute Gasteiger partial charge is 0.0991 e. The highest BCUT2D eigenvalue weighted by Crippen LogP contribution is 2.18. The van der Waals surface area contributed by atoms with E-state index in [4.69, 9.17) is 15.7 Å². The van der Waals surface area contributed by atoms with Crippen LogP contribution in [0.5, 0.6) is 0 Å². The molecule has 16 heavy (non-hydrogen) atoms. The summed E-state index contributed by atoms with van der Waals surface area (Å²) >= 11 is 0. The van der Waals surface area contributed by atoms with Crippen LogP contribution in [0.25, 0.3) is 0 Å². The second-order valence-corrected chi connectivity index (χ2v) is 4.30. The van der Waals surface area contributed by atoms with Crippen molar-refractivity contribution in [1.82, 2.24) is 0 Å². The normalized spacial score (nSPS) is 25.0. The topological polar surface area (TPSA) is 59.0 Å². The lowest BCUT2D eigenvalue weighted by atomic mass is 9.90. The number of rotatable bonds is 2. The largest absolute Gasteiger partial charge is 0.381 e. The van der Waals surface area contributed by atoms with Gasteiger partial charge in [0.25, 0.3) is 0 Å². The molecule has 0 bridgehead atoms. The zero-order valence-corrected chi connectivity index (χ0v) is 9.23. The molecule has 1 aromatic rings. The first-order valence-corrected chi connectivity index (χ1v) is 5.62. The standard InChI is InChI=1S/C13H16N2O/c14-8-11-3-1-10(2-4-11)7-12-9-16-6-5-13(12)15/h1-4,12-13H,5-7,9,15H2/t12-,13-/m0/s1. The number of hydrogen-bond acceptors (Lipinski definition) is 3. The molecule has 1 aromatic carbocycles. The number of nitrogens with zero attached hydrogens (tertiary/aromatic N) is 1. The molecular weight excluding hydrogens is 200 g/mol. The Labute approximate surface area is 95.8 Å². The van der Waals surface area contributed by atoms with Crippen molar-refractivity contribution in [1.29, 1.82) is 5.26 Å². The van der Waals surface area contributed by atoms with Crippen LogP contribution in [0.15, 0.2) is 24.3 Å². The van der Waals surface area contributed by atoms with Gasteiger partial charge in [-0.3, -0.25) is 0 Å². The minimum absolute atomic E-state index is 0.240. The van der Waals surface area contributed by atoms with Crippen molar-refractivity contribution in [3.8, 4) is 6.07 Å². The van der Waals surface area contributed by atoms with Crippen LogP contribution in [0.3, 0.4) is 0 Å². The predicted molar refractivity (Wildman–Crippen MR) is 61.8 cm³/mol. The first-order valence-electron chi connectivity index (χ1n) is 5.62. The molecule has 1 heterocycles. The minimum Gasteiger partial charge on any atom is -0.381 e. The van der Waals surface area contributed by atoms with Gasteiger partial charge in [0.15, 0.2) is 0 Å². The summed E-state index contributed by atoms with van der Waals surface area (Å²) < 4.78 is 5.44. The van der Waals surface area contributed by atoms with Gasteiger partial charge >= 0.3 is 0 Å². The molecule has 0 aliphatic carbocycles. The van der Waals surface area contributed by atoms with E-state index in [1.807, 2.05) is 24.3 Å². The summed E-state index contributed by atoms with van der Waals surface area (Å²) in [5.74, 6) is 0.404. The zero-order chi connectivity index (χ0) is 11.4. The Morgan fingerprint density at radius 3 is 2.75 bits per heavy atom. The van der Waals surface area contributed by atoms with E-state index in [1.165, 1.54) is 5.56 Å². The fourth-order valence-electron chi connectivity index (χ4n) is 2.04. The van der Waals surface area contributed by atoms with Gasteiger partial charge in [-0.2, -0.15) is 5.26 Å². The molecule has 0 radical (unpaired) electrons. The highest BCUT2D eigenvalue weighted by Gasteiger charge is 2.22. The Kier molecular flexibility index (Phi) is 3.55. The van der Waals surface area contributed by atoms with Crippen LogP contribution >= 0.6 is 0 Å². The summed E-state index contributed by atoms with van der Waals surface area (Å²) in [6.45, 7) is 1.53. The Morgan fingerprint density at radius 2 is 2.12 bits per heavy atom. The highest BCUT2D eigenvalue weighted by atomic mass is 16.5. The van der Waals surface area contributed by atoms with Gasteiger partial charge in [0, 0.05) is 18.6 Å². The predicted octanol–water partition coefficient (Wildman–Crippen LogP) is 1.46. The number of hydrogen-bond donors (Lipinski definition) is 1. The van der Waals surface area contributed by atoms with Crippen LogP contribution in [0.4, 0.5) is 0 Å². The monoisotopic (exact) mass is 216 g/mol. The Hall–Kier alpha value is -1.37. The molecule has 2 rings (SSSR count). The van der Waals surface area contributed by atoms with Crippen molar-refractivity contribution >= 4 is 0 Å². The molecule has 3 nitrogen and oxygen atoms in total. The third-order valence-corrected chi connectivity index (χ3v) is 3.11. The van der Waals surface area contributed by atoms with Crippen LogP contribution in [0.2, 0.25) is 0 Å². The van der Waals surface area contributed by atoms with Crippen LogP contribution in [-0.4, -0.2) is 19.3 Å². The van der Waals surface area contributed by atoms with Crippen LogP contribution in [0.1, 0.15) is 17.5 Å². The van der Waals surface area contributed by atoms with Gasteiger partial charge in [-0.15, -0.1) is 0 Å². The van der Waals surface area contributed by atoms with E-state index in [2.05, 4.69) is 6.07 Å². The lowest BCUT2D eigenvalue weighted by Crippen LogP contribution is -2.39. The highest BCUT2D eigenvalue weighted by molar-refractivity contribution is 5.31. The van der Waals surface area contributed by atoms with Crippen LogP contribution in [0, 0.1) is 17.2 Å². The molecule has 84 valence electrons. The van der Waals surface area contributed by atoms with E-state index in [-0.39, 0.29) is 6.04 Å². The number of nitriles is 1. The maximum Gasteiger partial charge on any atom is 0.0991 e. The van der Waals surface area contributed by atoms with Crippen molar-refractivity contribution < 1.29 is 4.74 Å². The first-order chi connectivity index (χ1) is 7.79. The SMILES string of the molecule is N#Cc1ccc(C[C@H]2COCC[C@@H]2N)cc1. The summed E-state index contributed by atoms with van der Waals surface area (Å²) in [5, 5.41) is 8.70. The van der Waals surface area contributed by atoms with Gasteiger partial charge < -0.3 is 10.5 Å². The number of ether oxygens (including phenoxy) is 1. The van der Waals surface area contributed by atoms with Gasteiger partial charge in [-0.25, -0.2) is 0 Å². The third kappa shape index (κ3) is 2.60. The van der Waals surface area contributed by atoms with Gasteiger partial charge in [-0.05, 0) is 30.5 Å². The maximum atomic E-state index is 8.70. The average Bonchev–Trinajstić information content (AvgIpc) is 2.33. The van der Waals surface area contributed by atoms with E-state index in [0.29, 0.717) is 11.5 Å². The molecule has 0 amide bonds. The molecule has 0 saturated carbocycles. The molecule has 3 heteroatoms. The van der Waals surface area contributed by atoms with Crippen molar-refractivity contribution in [2.75, 3.05) is 13.2 Å². The summed E-state index contributed by atoms with van der Waals surface area (Å²) in [6, 6.07) is 10.1. The first kappa shape index (κ1) is 11.1. The van der Waals surface area contributed by atoms with Crippen LogP contribution in [-0.2, 0) is 11.2 Å². The quantitative estimate of drug-likeness (QED) is 0.814. The molecule has 1 aliphatic heterocycles. The molecule has 0 spiro atoms. The fourth-order valence-corrected chi connectivity index (χ4v) is 2.04. The van der Waals surface area contributed by atoms with E-state index in [0.717, 1.165) is 26.1 Å². The van der Waals surface area contributed by atoms with E-state index < -0.39 is 0 Å². The lowest BCUT2D eigenvalue weighted by Gasteiger charge is -2.28. The second kappa shape index (κ2) is 5.11. The molecule has 2 atom stereocenters. The Balaban J connectivity index is 2.00. The molecule has 1 aliphatic rings. The number of nitrogens with two attached hydrogens (primary N) is 1. The van der Waals surface area contributed by atoms with Gasteiger partial charge in [0.2, 0.25) is 0 Å². The van der Waals surface area contributed by atoms with E-state index in [9.17, 15) is 0 Å². The third-order valence-electron chi connectivity index (χ3n) is 3.11. The number of benzene rings is 1. The Morgan fingerprint density at radius 1 is 1.38 bits per heavy atom. The van der Waals surface area contributed by atoms with Crippen molar-refractivity contribution in [3.63, 3.8) is 0 Å². The lowest BCUT2D eigenvalue weighted by molar-refractivity contribution is 0.0422. The average molecular weight is 216 g/mol. The summed E-state index contributed by atoms with van der Waals surface area (Å²) in [7, 11) is 0.